The molecule has 9 heteroatoms. The first-order valence-electron chi connectivity index (χ1n) is 13.4. The Kier molecular flexibility index (Phi) is 7.20. The lowest BCUT2D eigenvalue weighted by Crippen LogP contribution is -2.27. The molecule has 0 saturated carbocycles. The van der Waals surface area contributed by atoms with Crippen molar-refractivity contribution in [2.24, 2.45) is 22.7 Å². The Morgan fingerprint density at radius 3 is 1.82 bits per heavy atom. The second-order valence-electron chi connectivity index (χ2n) is 12.8. The second-order valence-corrected chi connectivity index (χ2v) is 14.8. The molecule has 4 heterocycles. The molecule has 2 atom stereocenters. The first kappa shape index (κ1) is 26.9. The summed E-state index contributed by atoms with van der Waals surface area (Å²) in [5, 5.41) is 3.85. The number of amides is 1. The molecule has 3 N–H and O–H groups in total. The number of carbonyl (C=O) groups excluding carboxylic acids is 1. The van der Waals surface area contributed by atoms with Crippen LogP contribution < -0.4 is 11.1 Å². The van der Waals surface area contributed by atoms with Crippen molar-refractivity contribution >= 4 is 60.0 Å². The fourth-order valence-electron chi connectivity index (χ4n) is 5.63. The van der Waals surface area contributed by atoms with Crippen LogP contribution in [0.2, 0.25) is 0 Å². The number of hydrogen-bond acceptors (Lipinski definition) is 8. The minimum Gasteiger partial charge on any atom is -0.375 e. The monoisotopic (exact) mass is 550 g/mol. The number of nitrogens with two attached hydrogens (primary N) is 1. The number of fused-ring (bicyclic) bond motifs is 4. The van der Waals surface area contributed by atoms with Crippen LogP contribution in [-0.4, -0.2) is 26.3 Å². The number of aryl methyl sites for hydroxylation is 2. The molecular formula is C29H38N6OS2. The number of rotatable bonds is 2. The maximum absolute atomic E-state index is 10.5. The minimum absolute atomic E-state index is 0.332. The maximum atomic E-state index is 10.5. The maximum Gasteiger partial charge on any atom is 0.213 e. The molecule has 0 saturated heterocycles. The van der Waals surface area contributed by atoms with E-state index in [4.69, 9.17) is 15.7 Å². The molecule has 6 rings (SSSR count). The summed E-state index contributed by atoms with van der Waals surface area (Å²) in [6.45, 7) is 13.9. The number of thiazole rings is 2. The van der Waals surface area contributed by atoms with Crippen LogP contribution in [0.15, 0.2) is 12.1 Å². The van der Waals surface area contributed by atoms with Crippen LogP contribution in [0, 0.1) is 22.7 Å². The van der Waals surface area contributed by atoms with Gasteiger partial charge in [-0.1, -0.05) is 64.2 Å². The number of pyridine rings is 2. The lowest BCUT2D eigenvalue weighted by atomic mass is 9.71. The molecule has 7 nitrogen and oxygen atoms in total. The summed E-state index contributed by atoms with van der Waals surface area (Å²) in [4.78, 5) is 30.6. The summed E-state index contributed by atoms with van der Waals surface area (Å²) in [5.74, 6) is 1.43. The Balaban J connectivity index is 0.000000156. The van der Waals surface area contributed by atoms with Crippen LogP contribution in [0.5, 0.6) is 0 Å². The van der Waals surface area contributed by atoms with E-state index in [1.165, 1.54) is 58.0 Å². The van der Waals surface area contributed by atoms with Gasteiger partial charge in [0.15, 0.2) is 10.3 Å². The number of nitrogens with one attached hydrogen (secondary N) is 1. The van der Waals surface area contributed by atoms with Gasteiger partial charge in [-0.05, 0) is 84.5 Å². The third kappa shape index (κ3) is 5.69. The molecule has 0 fully saturated rings. The van der Waals surface area contributed by atoms with Crippen molar-refractivity contribution in [1.82, 2.24) is 19.9 Å². The van der Waals surface area contributed by atoms with Crippen LogP contribution in [-0.2, 0) is 30.5 Å². The zero-order valence-corrected chi connectivity index (χ0v) is 24.9. The standard InChI is InChI=1S/C15H19N3OS.C14H19N3S/c1-15(2,3)10-4-5-11-9(6-10)7-12-13(17-11)20-14(18-12)16-8-19;1-14(2,3)9-4-5-10-8(6-9)7-11-12(16-10)18-13(15)17-11/h7-8,10H,4-6H2,1-3H3,(H,16,18,19);7,9H,4-6H2,1-3H3,(H2,15,17). The molecule has 0 aromatic carbocycles. The summed E-state index contributed by atoms with van der Waals surface area (Å²) < 4.78 is 0. The van der Waals surface area contributed by atoms with Gasteiger partial charge in [0, 0.05) is 11.4 Å². The number of nitrogen functional groups attached to an aromatic ring is 1. The van der Waals surface area contributed by atoms with E-state index in [-0.39, 0.29) is 0 Å². The number of aromatic nitrogens is 4. The number of nitrogens with zero attached hydrogens (tertiary/aromatic N) is 4. The predicted molar refractivity (Wildman–Crippen MR) is 159 cm³/mol. The molecule has 2 aliphatic carbocycles. The molecule has 2 unspecified atom stereocenters. The van der Waals surface area contributed by atoms with E-state index >= 15 is 0 Å². The van der Waals surface area contributed by atoms with Crippen molar-refractivity contribution in [3.8, 4) is 0 Å². The summed E-state index contributed by atoms with van der Waals surface area (Å²) in [6, 6.07) is 4.35. The fraction of sp³-hybridized carbons (Fsp3) is 0.552. The molecule has 2 aliphatic rings. The van der Waals surface area contributed by atoms with E-state index in [0.717, 1.165) is 52.3 Å². The SMILES string of the molecule is CC(C)(C)C1CCc2nc3sc(N)nc3cc2C1.CC(C)(C)C1CCc2nc3sc(NC=O)nc3cc2C1. The van der Waals surface area contributed by atoms with Crippen molar-refractivity contribution in [2.45, 2.75) is 80.1 Å². The highest BCUT2D eigenvalue weighted by molar-refractivity contribution is 7.22. The summed E-state index contributed by atoms with van der Waals surface area (Å²) in [5.41, 5.74) is 13.5. The van der Waals surface area contributed by atoms with Crippen LogP contribution in [0.4, 0.5) is 10.3 Å². The van der Waals surface area contributed by atoms with E-state index in [1.54, 1.807) is 0 Å². The van der Waals surface area contributed by atoms with Gasteiger partial charge in [0.1, 0.15) is 20.7 Å². The van der Waals surface area contributed by atoms with Gasteiger partial charge in [0.05, 0.1) is 0 Å². The van der Waals surface area contributed by atoms with Crippen molar-refractivity contribution in [2.75, 3.05) is 11.1 Å². The Labute approximate surface area is 232 Å². The number of carbonyl (C=O) groups is 1. The molecule has 0 radical (unpaired) electrons. The molecule has 4 aromatic rings. The zero-order valence-electron chi connectivity index (χ0n) is 23.2. The van der Waals surface area contributed by atoms with Crippen LogP contribution in [0.3, 0.4) is 0 Å². The molecule has 4 aromatic heterocycles. The average molecular weight is 551 g/mol. The highest BCUT2D eigenvalue weighted by Crippen LogP contribution is 2.39. The average Bonchev–Trinajstić information content (AvgIpc) is 3.40. The third-order valence-electron chi connectivity index (χ3n) is 8.15. The quantitative estimate of drug-likeness (QED) is 0.265. The predicted octanol–water partition coefficient (Wildman–Crippen LogP) is 6.84. The molecule has 202 valence electrons. The van der Waals surface area contributed by atoms with Gasteiger partial charge in [-0.3, -0.25) is 4.79 Å². The van der Waals surface area contributed by atoms with Gasteiger partial charge in [-0.2, -0.15) is 0 Å². The van der Waals surface area contributed by atoms with Gasteiger partial charge in [-0.25, -0.2) is 19.9 Å². The summed E-state index contributed by atoms with van der Waals surface area (Å²) in [6.07, 6.45) is 7.44. The Bertz CT molecular complexity index is 1480. The third-order valence-corrected chi connectivity index (χ3v) is 9.84. The smallest absolute Gasteiger partial charge is 0.213 e. The fourth-order valence-corrected chi connectivity index (χ4v) is 7.14. The van der Waals surface area contributed by atoms with E-state index < -0.39 is 0 Å². The Morgan fingerprint density at radius 2 is 1.32 bits per heavy atom. The highest BCUT2D eigenvalue weighted by Gasteiger charge is 2.31. The van der Waals surface area contributed by atoms with Gasteiger partial charge < -0.3 is 11.1 Å². The first-order valence-corrected chi connectivity index (χ1v) is 15.1. The van der Waals surface area contributed by atoms with Crippen molar-refractivity contribution in [1.29, 1.82) is 0 Å². The molecule has 0 aliphatic heterocycles. The Hall–Kier alpha value is -2.65. The van der Waals surface area contributed by atoms with Crippen molar-refractivity contribution < 1.29 is 4.79 Å². The van der Waals surface area contributed by atoms with Crippen LogP contribution >= 0.6 is 22.7 Å². The molecule has 0 spiro atoms. The molecule has 0 bridgehead atoms. The van der Waals surface area contributed by atoms with Gasteiger partial charge in [0.2, 0.25) is 6.41 Å². The molecule has 1 amide bonds. The molecular weight excluding hydrogens is 512 g/mol. The second kappa shape index (κ2) is 10.2. The lowest BCUT2D eigenvalue weighted by molar-refractivity contribution is -0.105. The van der Waals surface area contributed by atoms with E-state index in [9.17, 15) is 4.79 Å². The topological polar surface area (TPSA) is 107 Å². The lowest BCUT2D eigenvalue weighted by Gasteiger charge is -2.34. The minimum atomic E-state index is 0.332. The summed E-state index contributed by atoms with van der Waals surface area (Å²) in [7, 11) is 0. The van der Waals surface area contributed by atoms with Gasteiger partial charge in [0.25, 0.3) is 0 Å². The van der Waals surface area contributed by atoms with Crippen LogP contribution in [0.1, 0.15) is 76.9 Å². The van der Waals surface area contributed by atoms with Crippen molar-refractivity contribution in [3.63, 3.8) is 0 Å². The number of hydrogen-bond donors (Lipinski definition) is 2. The Morgan fingerprint density at radius 1 is 0.816 bits per heavy atom. The zero-order chi connectivity index (χ0) is 27.2. The van der Waals surface area contributed by atoms with E-state index in [1.807, 2.05) is 0 Å². The van der Waals surface area contributed by atoms with Crippen LogP contribution in [0.25, 0.3) is 20.7 Å². The highest BCUT2D eigenvalue weighted by atomic mass is 32.1. The van der Waals surface area contributed by atoms with E-state index in [2.05, 4.69) is 69.0 Å². The number of anilines is 2. The first-order chi connectivity index (χ1) is 17.9. The molecule has 38 heavy (non-hydrogen) atoms. The largest absolute Gasteiger partial charge is 0.375 e. The van der Waals surface area contributed by atoms with Gasteiger partial charge >= 0.3 is 0 Å². The summed E-state index contributed by atoms with van der Waals surface area (Å²) >= 11 is 2.92. The normalized spacial score (nSPS) is 19.4. The van der Waals surface area contributed by atoms with E-state index in [0.29, 0.717) is 33.4 Å². The van der Waals surface area contributed by atoms with Gasteiger partial charge in [-0.15, -0.1) is 0 Å². The van der Waals surface area contributed by atoms with Crippen molar-refractivity contribution in [3.05, 3.63) is 34.6 Å².